The van der Waals surface area contributed by atoms with E-state index < -0.39 is 5.54 Å². The lowest BCUT2D eigenvalue weighted by molar-refractivity contribution is -0.126. The number of nitrogens with zero attached hydrogens (tertiary/aromatic N) is 1. The number of carbonyl (C=O) groups excluding carboxylic acids is 1. The summed E-state index contributed by atoms with van der Waals surface area (Å²) in [4.78, 5) is 14.4. The van der Waals surface area contributed by atoms with E-state index in [1.807, 2.05) is 0 Å². The van der Waals surface area contributed by atoms with E-state index in [2.05, 4.69) is 37.9 Å². The summed E-state index contributed by atoms with van der Waals surface area (Å²) in [5, 5.41) is 3.50. The molecular weight excluding hydrogens is 250 g/mol. The molecule has 1 aliphatic rings. The third-order valence-electron chi connectivity index (χ3n) is 4.99. The SMILES string of the molecule is CCN(CC)CCNC1(C(N)=O)CCCC(C(C)C)C1. The standard InChI is InChI=1S/C16H33N3O/c1-5-19(6-2)11-10-18-16(15(17)20)9-7-8-14(12-16)13(3)4/h13-14,18H,5-12H2,1-4H3,(H2,17,20). The molecule has 0 aromatic heterocycles. The molecule has 4 nitrogen and oxygen atoms in total. The van der Waals surface area contributed by atoms with Crippen LogP contribution >= 0.6 is 0 Å². The molecular formula is C16H33N3O. The smallest absolute Gasteiger partial charge is 0.237 e. The molecule has 0 aromatic carbocycles. The number of rotatable bonds is 8. The zero-order valence-corrected chi connectivity index (χ0v) is 13.7. The average molecular weight is 283 g/mol. The minimum absolute atomic E-state index is 0.164. The normalized spacial score (nSPS) is 27.2. The lowest BCUT2D eigenvalue weighted by atomic mass is 9.71. The van der Waals surface area contributed by atoms with Crippen LogP contribution in [0.25, 0.3) is 0 Å². The molecule has 2 unspecified atom stereocenters. The first-order valence-electron chi connectivity index (χ1n) is 8.22. The fourth-order valence-corrected chi connectivity index (χ4v) is 3.35. The maximum Gasteiger partial charge on any atom is 0.237 e. The van der Waals surface area contributed by atoms with Crippen molar-refractivity contribution in [3.63, 3.8) is 0 Å². The first-order valence-corrected chi connectivity index (χ1v) is 8.22. The molecule has 20 heavy (non-hydrogen) atoms. The Hall–Kier alpha value is -0.610. The van der Waals surface area contributed by atoms with Gasteiger partial charge >= 0.3 is 0 Å². The Balaban J connectivity index is 2.60. The van der Waals surface area contributed by atoms with Crippen molar-refractivity contribution in [2.75, 3.05) is 26.2 Å². The molecule has 0 aliphatic heterocycles. The molecule has 2 atom stereocenters. The second-order valence-corrected chi connectivity index (χ2v) is 6.50. The zero-order valence-electron chi connectivity index (χ0n) is 13.7. The Bertz CT molecular complexity index is 302. The molecule has 0 spiro atoms. The van der Waals surface area contributed by atoms with Gasteiger partial charge in [0.2, 0.25) is 5.91 Å². The number of nitrogens with two attached hydrogens (primary N) is 1. The number of hydrogen-bond acceptors (Lipinski definition) is 3. The molecule has 0 aromatic rings. The van der Waals surface area contributed by atoms with Gasteiger partial charge in [0.25, 0.3) is 0 Å². The highest BCUT2D eigenvalue weighted by atomic mass is 16.1. The first kappa shape index (κ1) is 17.4. The predicted octanol–water partition coefficient (Wildman–Crippen LogP) is 1.99. The Labute approximate surface area is 124 Å². The van der Waals surface area contributed by atoms with Gasteiger partial charge in [-0.05, 0) is 37.8 Å². The molecule has 0 radical (unpaired) electrons. The van der Waals surface area contributed by atoms with E-state index in [0.717, 1.165) is 45.4 Å². The van der Waals surface area contributed by atoms with Gasteiger partial charge < -0.3 is 16.0 Å². The molecule has 1 saturated carbocycles. The summed E-state index contributed by atoms with van der Waals surface area (Å²) in [6.45, 7) is 12.8. The molecule has 1 aliphatic carbocycles. The van der Waals surface area contributed by atoms with Crippen LogP contribution in [0.3, 0.4) is 0 Å². The van der Waals surface area contributed by atoms with Crippen molar-refractivity contribution in [2.24, 2.45) is 17.6 Å². The maximum absolute atomic E-state index is 12.0. The topological polar surface area (TPSA) is 58.4 Å². The number of amides is 1. The van der Waals surface area contributed by atoms with Gasteiger partial charge in [0.15, 0.2) is 0 Å². The van der Waals surface area contributed by atoms with Crippen LogP contribution in [0, 0.1) is 11.8 Å². The second-order valence-electron chi connectivity index (χ2n) is 6.50. The van der Waals surface area contributed by atoms with Gasteiger partial charge in [-0.25, -0.2) is 0 Å². The Kier molecular flexibility index (Phi) is 6.96. The first-order chi connectivity index (χ1) is 9.45. The fourth-order valence-electron chi connectivity index (χ4n) is 3.35. The van der Waals surface area contributed by atoms with Crippen molar-refractivity contribution in [2.45, 2.75) is 58.9 Å². The van der Waals surface area contributed by atoms with E-state index in [1.54, 1.807) is 0 Å². The largest absolute Gasteiger partial charge is 0.368 e. The molecule has 3 N–H and O–H groups in total. The van der Waals surface area contributed by atoms with Crippen molar-refractivity contribution in [1.82, 2.24) is 10.2 Å². The van der Waals surface area contributed by atoms with Crippen LogP contribution in [0.4, 0.5) is 0 Å². The summed E-state index contributed by atoms with van der Waals surface area (Å²) in [5.74, 6) is 1.07. The highest BCUT2D eigenvalue weighted by Gasteiger charge is 2.41. The zero-order chi connectivity index (χ0) is 15.2. The number of nitrogens with one attached hydrogen (secondary N) is 1. The van der Waals surface area contributed by atoms with Crippen molar-refractivity contribution < 1.29 is 4.79 Å². The highest BCUT2D eigenvalue weighted by Crippen LogP contribution is 2.36. The third-order valence-corrected chi connectivity index (χ3v) is 4.99. The summed E-state index contributed by atoms with van der Waals surface area (Å²) >= 11 is 0. The van der Waals surface area contributed by atoms with E-state index >= 15 is 0 Å². The highest BCUT2D eigenvalue weighted by molar-refractivity contribution is 5.84. The molecule has 1 amide bonds. The van der Waals surface area contributed by atoms with E-state index in [4.69, 9.17) is 5.73 Å². The third kappa shape index (κ3) is 4.45. The molecule has 1 fully saturated rings. The summed E-state index contributed by atoms with van der Waals surface area (Å²) in [7, 11) is 0. The van der Waals surface area contributed by atoms with E-state index in [0.29, 0.717) is 11.8 Å². The number of hydrogen-bond donors (Lipinski definition) is 2. The maximum atomic E-state index is 12.0. The van der Waals surface area contributed by atoms with Crippen LogP contribution < -0.4 is 11.1 Å². The Morgan fingerprint density at radius 1 is 1.40 bits per heavy atom. The van der Waals surface area contributed by atoms with Crippen LogP contribution in [-0.4, -0.2) is 42.5 Å². The second kappa shape index (κ2) is 7.99. The predicted molar refractivity (Wildman–Crippen MR) is 84.5 cm³/mol. The van der Waals surface area contributed by atoms with Gasteiger partial charge in [-0.15, -0.1) is 0 Å². The van der Waals surface area contributed by atoms with E-state index in [9.17, 15) is 4.79 Å². The number of likely N-dealkylation sites (N-methyl/N-ethyl adjacent to an activating group) is 1. The van der Waals surface area contributed by atoms with E-state index in [1.165, 1.54) is 6.42 Å². The molecule has 0 saturated heterocycles. The van der Waals surface area contributed by atoms with Gasteiger partial charge in [-0.1, -0.05) is 40.5 Å². The van der Waals surface area contributed by atoms with Crippen molar-refractivity contribution in [3.05, 3.63) is 0 Å². The van der Waals surface area contributed by atoms with Gasteiger partial charge in [0.1, 0.15) is 0 Å². The summed E-state index contributed by atoms with van der Waals surface area (Å²) in [5.41, 5.74) is 5.26. The Morgan fingerprint density at radius 3 is 2.55 bits per heavy atom. The average Bonchev–Trinajstić information content (AvgIpc) is 2.43. The summed E-state index contributed by atoms with van der Waals surface area (Å²) in [6.07, 6.45) is 4.12. The molecule has 1 rings (SSSR count). The van der Waals surface area contributed by atoms with Crippen LogP contribution in [0.5, 0.6) is 0 Å². The molecule has 118 valence electrons. The lowest BCUT2D eigenvalue weighted by Gasteiger charge is -2.41. The van der Waals surface area contributed by atoms with Gasteiger partial charge in [-0.2, -0.15) is 0 Å². The van der Waals surface area contributed by atoms with E-state index in [-0.39, 0.29) is 5.91 Å². The minimum Gasteiger partial charge on any atom is -0.368 e. The van der Waals surface area contributed by atoms with Crippen molar-refractivity contribution >= 4 is 5.91 Å². The molecule has 0 bridgehead atoms. The van der Waals surface area contributed by atoms with Gasteiger partial charge in [0.05, 0.1) is 5.54 Å². The fraction of sp³-hybridized carbons (Fsp3) is 0.938. The minimum atomic E-state index is -0.472. The van der Waals surface area contributed by atoms with Crippen LogP contribution in [0.15, 0.2) is 0 Å². The van der Waals surface area contributed by atoms with Crippen molar-refractivity contribution in [1.29, 1.82) is 0 Å². The van der Waals surface area contributed by atoms with Crippen LogP contribution in [-0.2, 0) is 4.79 Å². The van der Waals surface area contributed by atoms with Gasteiger partial charge in [-0.3, -0.25) is 4.79 Å². The van der Waals surface area contributed by atoms with Crippen LogP contribution in [0.2, 0.25) is 0 Å². The summed E-state index contributed by atoms with van der Waals surface area (Å²) in [6, 6.07) is 0. The Morgan fingerprint density at radius 2 is 2.05 bits per heavy atom. The number of primary amides is 1. The monoisotopic (exact) mass is 283 g/mol. The number of carbonyl (C=O) groups is 1. The van der Waals surface area contributed by atoms with Crippen LogP contribution in [0.1, 0.15) is 53.4 Å². The van der Waals surface area contributed by atoms with Crippen molar-refractivity contribution in [3.8, 4) is 0 Å². The van der Waals surface area contributed by atoms with Gasteiger partial charge in [0, 0.05) is 13.1 Å². The molecule has 0 heterocycles. The lowest BCUT2D eigenvalue weighted by Crippen LogP contribution is -2.59. The molecule has 4 heteroatoms. The quantitative estimate of drug-likeness (QED) is 0.716. The summed E-state index contributed by atoms with van der Waals surface area (Å²) < 4.78 is 0.